The minimum Gasteiger partial charge on any atom is -0.110 e. The fourth-order valence-corrected chi connectivity index (χ4v) is 0. The smallest absolute Gasteiger partial charge is 0.110 e. The van der Waals surface area contributed by atoms with E-state index < -0.39 is 10.6 Å². The molecular weight excluding hydrogens is 340 g/mol. The monoisotopic (exact) mass is 336 g/mol. The molecule has 0 nitrogen and oxygen atoms in total. The van der Waals surface area contributed by atoms with Crippen LogP contribution in [0.4, 0.5) is 0 Å². The predicted octanol–water partition coefficient (Wildman–Crippen LogP) is 4.75. The van der Waals surface area contributed by atoms with Crippen LogP contribution in [0.25, 0.3) is 0 Å². The molecule has 0 N–H and O–H groups in total. The summed E-state index contributed by atoms with van der Waals surface area (Å²) in [5, 5.41) is -5.44. The highest BCUT2D eigenvalue weighted by molar-refractivity contribution is 7.81. The first kappa shape index (κ1) is 15.2. The molecule has 0 aliphatic carbocycles. The van der Waals surface area contributed by atoms with Crippen LogP contribution in [0.2, 0.25) is 0 Å². The van der Waals surface area contributed by atoms with Gasteiger partial charge in [0.25, 0.3) is 0 Å². The van der Waals surface area contributed by atoms with E-state index in [9.17, 15) is 0 Å². The highest BCUT2D eigenvalue weighted by Crippen LogP contribution is 2.23. The van der Waals surface area contributed by atoms with E-state index >= 15 is 0 Å². The van der Waals surface area contributed by atoms with Gasteiger partial charge >= 0.3 is 10.6 Å². The fourth-order valence-electron chi connectivity index (χ4n) is 0. The van der Waals surface area contributed by atoms with Crippen LogP contribution in [0.15, 0.2) is 0 Å². The Morgan fingerprint density at radius 1 is 0.400 bits per heavy atom. The molecule has 0 aromatic carbocycles. The van der Waals surface area contributed by atoms with Crippen molar-refractivity contribution in [3.8, 4) is 0 Å². The van der Waals surface area contributed by atoms with Crippen molar-refractivity contribution in [2.75, 3.05) is 0 Å². The van der Waals surface area contributed by atoms with Gasteiger partial charge < -0.3 is 0 Å². The van der Waals surface area contributed by atoms with Gasteiger partial charge in [0.1, 0.15) is 0 Å². The maximum atomic E-state index is 4.97. The second kappa shape index (κ2) is 6.24. The maximum absolute atomic E-state index is 4.97. The van der Waals surface area contributed by atoms with Crippen LogP contribution in [0, 0.1) is 0 Å². The Kier molecular flexibility index (Phi) is 9.51. The van der Waals surface area contributed by atoms with Crippen LogP contribution in [0.3, 0.4) is 0 Å². The molecule has 0 amide bonds. The van der Waals surface area contributed by atoms with E-state index in [2.05, 4.69) is 0 Å². The molecule has 0 aliphatic rings. The molecule has 64 valence electrons. The SMILES string of the molecule is Cl[Si](Cl)(Cl)Cl.Cl[Si](Cl)(Cl)Cl. The van der Waals surface area contributed by atoms with Crippen LogP contribution in [-0.4, -0.2) is 10.6 Å². The molecule has 0 bridgehead atoms. The maximum Gasteiger partial charge on any atom is 0.440 e. The molecule has 0 aromatic heterocycles. The summed E-state index contributed by atoms with van der Waals surface area (Å²) in [6.07, 6.45) is 0. The van der Waals surface area contributed by atoms with Gasteiger partial charge in [-0.15, -0.1) is 88.6 Å². The van der Waals surface area contributed by atoms with Crippen molar-refractivity contribution in [2.24, 2.45) is 0 Å². The summed E-state index contributed by atoms with van der Waals surface area (Å²) < 4.78 is 0. The molecule has 0 aliphatic heterocycles. The van der Waals surface area contributed by atoms with Gasteiger partial charge in [-0.1, -0.05) is 0 Å². The third kappa shape index (κ3) is 135. The first-order valence-electron chi connectivity index (χ1n) is 1.51. The molecular formula is Cl8Si2. The fraction of sp³-hybridized carbons (Fsp3) is 0. The van der Waals surface area contributed by atoms with Gasteiger partial charge in [-0.05, 0) is 0 Å². The Labute approximate surface area is 98.2 Å². The summed E-state index contributed by atoms with van der Waals surface area (Å²) in [7, 11) is 0. The molecule has 0 unspecified atom stereocenters. The van der Waals surface area contributed by atoms with Gasteiger partial charge in [-0.25, -0.2) is 0 Å². The Bertz CT molecular complexity index is 50.2. The van der Waals surface area contributed by atoms with Crippen molar-refractivity contribution in [1.29, 1.82) is 0 Å². The predicted molar refractivity (Wildman–Crippen MR) is 58.3 cm³/mol. The molecule has 0 radical (unpaired) electrons. The summed E-state index contributed by atoms with van der Waals surface area (Å²) in [4.78, 5) is 0. The lowest BCUT2D eigenvalue weighted by Gasteiger charge is -1.85. The normalized spacial score (nSPS) is 12.0. The summed E-state index contributed by atoms with van der Waals surface area (Å²) in [6.45, 7) is 0. The summed E-state index contributed by atoms with van der Waals surface area (Å²) >= 11 is 39.7. The lowest BCUT2D eigenvalue weighted by molar-refractivity contribution is 3.80. The van der Waals surface area contributed by atoms with Crippen LogP contribution < -0.4 is 0 Å². The Hall–Kier alpha value is 2.75. The molecule has 0 saturated heterocycles. The Morgan fingerprint density at radius 2 is 0.400 bits per heavy atom. The van der Waals surface area contributed by atoms with Crippen molar-refractivity contribution < 1.29 is 0 Å². The van der Waals surface area contributed by atoms with Crippen molar-refractivity contribution in [3.05, 3.63) is 0 Å². The van der Waals surface area contributed by atoms with Gasteiger partial charge in [0.05, 0.1) is 0 Å². The zero-order valence-corrected chi connectivity index (χ0v) is 12.1. The molecule has 0 rings (SSSR count). The van der Waals surface area contributed by atoms with Gasteiger partial charge in [-0.3, -0.25) is 0 Å². The Balaban J connectivity index is 0. The van der Waals surface area contributed by atoms with Crippen LogP contribution >= 0.6 is 88.6 Å². The Morgan fingerprint density at radius 3 is 0.400 bits per heavy atom. The minimum atomic E-state index is -2.72. The van der Waals surface area contributed by atoms with Crippen molar-refractivity contribution in [2.45, 2.75) is 0 Å². The first-order chi connectivity index (χ1) is 4.00. The lowest BCUT2D eigenvalue weighted by Crippen LogP contribution is -1.92. The van der Waals surface area contributed by atoms with Gasteiger partial charge in [0.2, 0.25) is 0 Å². The third-order valence-corrected chi connectivity index (χ3v) is 0. The van der Waals surface area contributed by atoms with E-state index in [1.54, 1.807) is 0 Å². The van der Waals surface area contributed by atoms with Gasteiger partial charge in [0.15, 0.2) is 0 Å². The molecule has 0 atom stereocenters. The summed E-state index contributed by atoms with van der Waals surface area (Å²) in [6, 6.07) is 0. The van der Waals surface area contributed by atoms with E-state index in [0.717, 1.165) is 0 Å². The zero-order chi connectivity index (χ0) is 9.00. The minimum absolute atomic E-state index is 2.72. The topological polar surface area (TPSA) is 0 Å². The molecule has 0 saturated carbocycles. The molecule has 0 heterocycles. The van der Waals surface area contributed by atoms with E-state index in [1.165, 1.54) is 0 Å². The van der Waals surface area contributed by atoms with Gasteiger partial charge in [0, 0.05) is 0 Å². The van der Waals surface area contributed by atoms with Gasteiger partial charge in [-0.2, -0.15) is 0 Å². The first-order valence-corrected chi connectivity index (χ1v) is 13.6. The van der Waals surface area contributed by atoms with Crippen LogP contribution in [-0.2, 0) is 0 Å². The number of halogens is 8. The standard InChI is InChI=1S/2Cl4Si/c2*1-5(2,3)4. The van der Waals surface area contributed by atoms with E-state index in [-0.39, 0.29) is 0 Å². The summed E-state index contributed by atoms with van der Waals surface area (Å²) in [5.74, 6) is 0. The lowest BCUT2D eigenvalue weighted by atomic mass is 27.6. The van der Waals surface area contributed by atoms with E-state index in [1.807, 2.05) is 0 Å². The molecule has 0 spiro atoms. The zero-order valence-electron chi connectivity index (χ0n) is 4.02. The molecule has 10 heteroatoms. The summed E-state index contributed by atoms with van der Waals surface area (Å²) in [5.41, 5.74) is 0. The quantitative estimate of drug-likeness (QED) is 0.441. The average molecular weight is 340 g/mol. The highest BCUT2D eigenvalue weighted by Gasteiger charge is 2.19. The van der Waals surface area contributed by atoms with Crippen molar-refractivity contribution in [1.82, 2.24) is 0 Å². The third-order valence-electron chi connectivity index (χ3n) is 0. The largest absolute Gasteiger partial charge is 0.440 e. The molecule has 0 aromatic rings. The van der Waals surface area contributed by atoms with Crippen molar-refractivity contribution in [3.63, 3.8) is 0 Å². The van der Waals surface area contributed by atoms with E-state index in [0.29, 0.717) is 0 Å². The molecule has 10 heavy (non-hydrogen) atoms. The van der Waals surface area contributed by atoms with Crippen LogP contribution in [0.1, 0.15) is 0 Å². The molecule has 0 fully saturated rings. The van der Waals surface area contributed by atoms with Crippen LogP contribution in [0.5, 0.6) is 0 Å². The number of rotatable bonds is 0. The second-order valence-corrected chi connectivity index (χ2v) is 23.1. The van der Waals surface area contributed by atoms with Crippen molar-refractivity contribution >= 4 is 99.3 Å². The van der Waals surface area contributed by atoms with E-state index in [4.69, 9.17) is 88.6 Å². The average Bonchev–Trinajstić information content (AvgIpc) is 1.12. The number of hydrogen-bond acceptors (Lipinski definition) is 0. The highest BCUT2D eigenvalue weighted by atomic mass is 36.0. The second-order valence-electron chi connectivity index (χ2n) is 0.857. The number of hydrogen-bond donors (Lipinski definition) is 0.